The van der Waals surface area contributed by atoms with E-state index < -0.39 is 0 Å². The van der Waals surface area contributed by atoms with Crippen LogP contribution in [0.4, 0.5) is 17.6 Å². The maximum atomic E-state index is 5.57. The molecule has 1 aromatic carbocycles. The van der Waals surface area contributed by atoms with Crippen molar-refractivity contribution in [3.8, 4) is 17.3 Å². The number of nitrogens with zero attached hydrogens (tertiary/aromatic N) is 4. The van der Waals surface area contributed by atoms with Gasteiger partial charge in [0, 0.05) is 20.5 Å². The highest BCUT2D eigenvalue weighted by molar-refractivity contribution is 5.60. The van der Waals surface area contributed by atoms with Gasteiger partial charge < -0.3 is 15.4 Å². The highest BCUT2D eigenvalue weighted by Gasteiger charge is 2.10. The normalized spacial score (nSPS) is 10.9. The second kappa shape index (κ2) is 8.44. The zero-order valence-electron chi connectivity index (χ0n) is 16.0. The van der Waals surface area contributed by atoms with E-state index in [1.54, 1.807) is 6.20 Å². The Morgan fingerprint density at radius 3 is 2.26 bits per heavy atom. The summed E-state index contributed by atoms with van der Waals surface area (Å²) in [6.45, 7) is 8.01. The van der Waals surface area contributed by atoms with Crippen molar-refractivity contribution in [3.05, 3.63) is 48.7 Å². The van der Waals surface area contributed by atoms with E-state index >= 15 is 0 Å². The number of hydrogen-bond acceptors (Lipinski definition) is 7. The number of anilines is 3. The second-order valence-electron chi connectivity index (χ2n) is 6.65. The van der Waals surface area contributed by atoms with Crippen LogP contribution in [0.1, 0.15) is 30.5 Å². The lowest BCUT2D eigenvalue weighted by atomic mass is 10.2. The van der Waals surface area contributed by atoms with Crippen molar-refractivity contribution < 1.29 is 7.59 Å². The smallest absolute Gasteiger partial charge is 0.232 e. The van der Waals surface area contributed by atoms with Gasteiger partial charge >= 0.3 is 0 Å². The quantitative estimate of drug-likeness (QED) is 0.621. The fourth-order valence-electron chi connectivity index (χ4n) is 2.37. The van der Waals surface area contributed by atoms with E-state index in [4.69, 9.17) is 4.74 Å². The molecule has 2 aromatic heterocycles. The summed E-state index contributed by atoms with van der Waals surface area (Å²) in [4.78, 5) is 17.8. The molecule has 0 radical (unpaired) electrons. The third kappa shape index (κ3) is 5.37. The molecule has 0 bridgehead atoms. The molecule has 7 heteroatoms. The fourth-order valence-corrected chi connectivity index (χ4v) is 2.37. The molecule has 0 amide bonds. The molecule has 0 aliphatic heterocycles. The molecule has 0 aliphatic carbocycles. The van der Waals surface area contributed by atoms with Crippen LogP contribution < -0.4 is 15.4 Å². The Kier molecular flexibility index (Phi) is 5.80. The second-order valence-corrected chi connectivity index (χ2v) is 6.65. The number of hydrogen-bond donors (Lipinski definition) is 2. The van der Waals surface area contributed by atoms with E-state index in [0.29, 0.717) is 23.6 Å². The Morgan fingerprint density at radius 1 is 0.889 bits per heavy atom. The van der Waals surface area contributed by atoms with E-state index in [1.165, 1.54) is 0 Å². The van der Waals surface area contributed by atoms with Crippen molar-refractivity contribution in [1.82, 2.24) is 19.9 Å². The summed E-state index contributed by atoms with van der Waals surface area (Å²) in [6, 6.07) is 13.7. The Morgan fingerprint density at radius 2 is 1.63 bits per heavy atom. The SMILES string of the molecule is CC(C)Nc1nc(Nc2ccc(OC(C)C)nc2)nc(-c2ccccc2)n1.[HH].[HH]. The van der Waals surface area contributed by atoms with Crippen molar-refractivity contribution in [2.45, 2.75) is 39.8 Å². The van der Waals surface area contributed by atoms with E-state index in [9.17, 15) is 0 Å². The fraction of sp³-hybridized carbons (Fsp3) is 0.300. The van der Waals surface area contributed by atoms with Gasteiger partial charge in [-0.1, -0.05) is 30.3 Å². The summed E-state index contributed by atoms with van der Waals surface area (Å²) in [7, 11) is 0. The predicted octanol–water partition coefficient (Wildman–Crippen LogP) is 4.78. The molecule has 0 saturated heterocycles. The van der Waals surface area contributed by atoms with Crippen molar-refractivity contribution in [1.29, 1.82) is 0 Å². The Labute approximate surface area is 162 Å². The van der Waals surface area contributed by atoms with Crippen molar-refractivity contribution in [3.63, 3.8) is 0 Å². The molecule has 0 fully saturated rings. The predicted molar refractivity (Wildman–Crippen MR) is 112 cm³/mol. The molecule has 0 aliphatic rings. The Balaban J connectivity index is 0.00000210. The number of ether oxygens (including phenoxy) is 1. The van der Waals surface area contributed by atoms with E-state index in [-0.39, 0.29) is 15.0 Å². The van der Waals surface area contributed by atoms with Gasteiger partial charge in [-0.05, 0) is 33.8 Å². The van der Waals surface area contributed by atoms with Crippen molar-refractivity contribution >= 4 is 17.6 Å². The molecule has 0 atom stereocenters. The van der Waals surface area contributed by atoms with Gasteiger partial charge in [0.05, 0.1) is 18.0 Å². The number of rotatable bonds is 7. The largest absolute Gasteiger partial charge is 0.475 e. The Bertz CT molecular complexity index is 876. The van der Waals surface area contributed by atoms with E-state index in [2.05, 4.69) is 30.6 Å². The van der Waals surface area contributed by atoms with Gasteiger partial charge in [-0.15, -0.1) is 0 Å². The molecule has 3 rings (SSSR count). The zero-order valence-corrected chi connectivity index (χ0v) is 16.0. The molecule has 2 N–H and O–H groups in total. The van der Waals surface area contributed by atoms with Gasteiger partial charge in [-0.2, -0.15) is 15.0 Å². The summed E-state index contributed by atoms with van der Waals surface area (Å²) in [6.07, 6.45) is 1.78. The zero-order chi connectivity index (χ0) is 19.2. The van der Waals surface area contributed by atoms with E-state index in [0.717, 1.165) is 11.3 Å². The average molecular weight is 368 g/mol. The molecule has 0 saturated carbocycles. The van der Waals surface area contributed by atoms with Gasteiger partial charge in [-0.3, -0.25) is 0 Å². The number of aromatic nitrogens is 4. The minimum atomic E-state index is 0. The molecule has 144 valence electrons. The van der Waals surface area contributed by atoms with Crippen LogP contribution >= 0.6 is 0 Å². The molecule has 3 aromatic rings. The highest BCUT2D eigenvalue weighted by atomic mass is 16.5. The summed E-state index contributed by atoms with van der Waals surface area (Å²) in [5, 5.41) is 6.42. The molecular formula is C20H28N6O. The van der Waals surface area contributed by atoms with Gasteiger partial charge in [-0.25, -0.2) is 4.98 Å². The monoisotopic (exact) mass is 368 g/mol. The first kappa shape index (κ1) is 18.6. The highest BCUT2D eigenvalue weighted by Crippen LogP contribution is 2.21. The van der Waals surface area contributed by atoms with Crippen molar-refractivity contribution in [2.75, 3.05) is 10.6 Å². The maximum absolute atomic E-state index is 5.57. The minimum absolute atomic E-state index is 0. The third-order valence-electron chi connectivity index (χ3n) is 3.43. The van der Waals surface area contributed by atoms with Crippen molar-refractivity contribution in [2.24, 2.45) is 0 Å². The average Bonchev–Trinajstić information content (AvgIpc) is 2.63. The van der Waals surface area contributed by atoms with Gasteiger partial charge in [0.15, 0.2) is 5.82 Å². The molecule has 27 heavy (non-hydrogen) atoms. The van der Waals surface area contributed by atoms with Crippen LogP contribution in [-0.4, -0.2) is 32.1 Å². The van der Waals surface area contributed by atoms with Crippen LogP contribution in [0.25, 0.3) is 11.4 Å². The van der Waals surface area contributed by atoms with Crippen LogP contribution in [0.15, 0.2) is 48.7 Å². The molecule has 0 spiro atoms. The number of nitrogens with one attached hydrogen (secondary N) is 2. The summed E-state index contributed by atoms with van der Waals surface area (Å²) < 4.78 is 5.57. The standard InChI is InChI=1S/C20H24N6O.2H2/c1-13(2)22-19-24-18(15-8-6-5-7-9-15)25-20(26-19)23-16-10-11-17(21-12-16)27-14(3)4;;/h5-14H,1-4H3,(H2,22,23,24,25,26);2*1H. The van der Waals surface area contributed by atoms with Crippen LogP contribution in [0.3, 0.4) is 0 Å². The first-order chi connectivity index (χ1) is 13.0. The lowest BCUT2D eigenvalue weighted by Crippen LogP contribution is -2.14. The number of pyridine rings is 1. The first-order valence-electron chi connectivity index (χ1n) is 8.97. The number of benzene rings is 1. The molecule has 2 heterocycles. The topological polar surface area (TPSA) is 84.9 Å². The Hall–Kier alpha value is -3.22. The van der Waals surface area contributed by atoms with E-state index in [1.807, 2.05) is 70.2 Å². The molecule has 0 unspecified atom stereocenters. The molecule has 7 nitrogen and oxygen atoms in total. The van der Waals surface area contributed by atoms with Crippen LogP contribution in [0, 0.1) is 0 Å². The van der Waals surface area contributed by atoms with Gasteiger partial charge in [0.2, 0.25) is 17.8 Å². The first-order valence-corrected chi connectivity index (χ1v) is 8.97. The maximum Gasteiger partial charge on any atom is 0.232 e. The summed E-state index contributed by atoms with van der Waals surface area (Å²) in [5.74, 6) is 2.16. The summed E-state index contributed by atoms with van der Waals surface area (Å²) >= 11 is 0. The van der Waals surface area contributed by atoms with Gasteiger partial charge in [0.25, 0.3) is 0 Å². The summed E-state index contributed by atoms with van der Waals surface area (Å²) in [5.41, 5.74) is 1.69. The lowest BCUT2D eigenvalue weighted by Gasteiger charge is -2.12. The minimum Gasteiger partial charge on any atom is -0.475 e. The lowest BCUT2D eigenvalue weighted by molar-refractivity contribution is 0.232. The van der Waals surface area contributed by atoms with Crippen LogP contribution in [0.2, 0.25) is 0 Å². The third-order valence-corrected chi connectivity index (χ3v) is 3.43. The van der Waals surface area contributed by atoms with Crippen LogP contribution in [-0.2, 0) is 0 Å². The van der Waals surface area contributed by atoms with Gasteiger partial charge in [0.1, 0.15) is 0 Å². The molecular weight excluding hydrogens is 340 g/mol. The van der Waals surface area contributed by atoms with Crippen LogP contribution in [0.5, 0.6) is 5.88 Å².